The second-order valence-electron chi connectivity index (χ2n) is 6.18. The molecule has 2 rings (SSSR count). The number of pyridine rings is 1. The molecule has 1 aliphatic heterocycles. The predicted molar refractivity (Wildman–Crippen MR) is 82.0 cm³/mol. The largest absolute Gasteiger partial charge is 0.487 e. The molecule has 108 valence electrons. The number of nitrogens with two attached hydrogens (primary N) is 1. The molecular formula is C15H23BN2O2. The Morgan fingerprint density at radius 3 is 2.35 bits per heavy atom. The predicted octanol–water partition coefficient (Wildman–Crippen LogP) is 2.49. The fourth-order valence-corrected chi connectivity index (χ4v) is 2.09. The van der Waals surface area contributed by atoms with E-state index in [4.69, 9.17) is 15.0 Å². The van der Waals surface area contributed by atoms with Crippen LogP contribution in [0.4, 0.5) is 0 Å². The first kappa shape index (κ1) is 15.2. The van der Waals surface area contributed by atoms with Gasteiger partial charge in [0.25, 0.3) is 0 Å². The van der Waals surface area contributed by atoms with E-state index in [-0.39, 0.29) is 18.3 Å². The molecule has 2 N–H and O–H groups in total. The van der Waals surface area contributed by atoms with Gasteiger partial charge >= 0.3 is 7.12 Å². The first-order chi connectivity index (χ1) is 9.25. The van der Waals surface area contributed by atoms with Crippen molar-refractivity contribution in [3.05, 3.63) is 35.1 Å². The Hall–Kier alpha value is -1.17. The highest BCUT2D eigenvalue weighted by Crippen LogP contribution is 2.37. The average Bonchev–Trinajstić information content (AvgIpc) is 2.56. The van der Waals surface area contributed by atoms with Gasteiger partial charge in [0.2, 0.25) is 0 Å². The molecule has 0 atom stereocenters. The van der Waals surface area contributed by atoms with Crippen LogP contribution in [0.5, 0.6) is 0 Å². The lowest BCUT2D eigenvalue weighted by molar-refractivity contribution is 0.00578. The maximum absolute atomic E-state index is 5.92. The van der Waals surface area contributed by atoms with E-state index in [1.165, 1.54) is 0 Å². The van der Waals surface area contributed by atoms with Gasteiger partial charge in [-0.15, -0.1) is 0 Å². The molecule has 5 heteroatoms. The van der Waals surface area contributed by atoms with Crippen LogP contribution in [0.25, 0.3) is 6.08 Å². The summed E-state index contributed by atoms with van der Waals surface area (Å²) >= 11 is 0. The Bertz CT molecular complexity index is 511. The number of nitrogens with zero attached hydrogens (tertiary/aromatic N) is 1. The van der Waals surface area contributed by atoms with E-state index >= 15 is 0 Å². The van der Waals surface area contributed by atoms with Crippen LogP contribution in [0.2, 0.25) is 0 Å². The molecule has 0 radical (unpaired) electrons. The van der Waals surface area contributed by atoms with Crippen molar-refractivity contribution in [2.45, 2.75) is 52.4 Å². The van der Waals surface area contributed by atoms with Crippen LogP contribution in [0.15, 0.2) is 18.1 Å². The first-order valence-corrected chi connectivity index (χ1v) is 6.95. The van der Waals surface area contributed by atoms with E-state index in [1.54, 1.807) is 0 Å². The van der Waals surface area contributed by atoms with Gasteiger partial charge in [-0.2, -0.15) is 0 Å². The molecule has 0 aliphatic carbocycles. The quantitative estimate of drug-likeness (QED) is 0.860. The minimum absolute atomic E-state index is 0.315. The summed E-state index contributed by atoms with van der Waals surface area (Å²) in [5.41, 5.74) is 7.96. The van der Waals surface area contributed by atoms with Crippen LogP contribution >= 0.6 is 0 Å². The van der Waals surface area contributed by atoms with E-state index < -0.39 is 0 Å². The van der Waals surface area contributed by atoms with Crippen molar-refractivity contribution in [3.8, 4) is 0 Å². The lowest BCUT2D eigenvalue weighted by Crippen LogP contribution is -2.41. The minimum atomic E-state index is -0.341. The fraction of sp³-hybridized carbons (Fsp3) is 0.533. The summed E-state index contributed by atoms with van der Waals surface area (Å²) in [4.78, 5) is 4.44. The van der Waals surface area contributed by atoms with E-state index in [2.05, 4.69) is 4.98 Å². The van der Waals surface area contributed by atoms with E-state index in [1.807, 2.05) is 58.8 Å². The summed E-state index contributed by atoms with van der Waals surface area (Å²) in [6, 6.07) is 4.00. The molecule has 0 unspecified atom stereocenters. The average molecular weight is 274 g/mol. The van der Waals surface area contributed by atoms with Crippen molar-refractivity contribution in [3.63, 3.8) is 0 Å². The fourth-order valence-electron chi connectivity index (χ4n) is 2.09. The van der Waals surface area contributed by atoms with Gasteiger partial charge in [0, 0.05) is 12.2 Å². The zero-order chi connectivity index (χ0) is 15.0. The van der Waals surface area contributed by atoms with Gasteiger partial charge in [0.1, 0.15) is 0 Å². The number of aromatic nitrogens is 1. The van der Waals surface area contributed by atoms with Gasteiger partial charge in [0.15, 0.2) is 0 Å². The third-order valence-electron chi connectivity index (χ3n) is 4.05. The summed E-state index contributed by atoms with van der Waals surface area (Å²) in [5, 5.41) is 0. The Kier molecular flexibility index (Phi) is 4.05. The van der Waals surface area contributed by atoms with Gasteiger partial charge < -0.3 is 15.0 Å². The molecule has 2 heterocycles. The standard InChI is InChI=1S/C15H23BN2O2/c1-11-6-7-12(13(10-17)18-11)8-9-16-19-14(2,3)15(4,5)20-16/h6-9H,10,17H2,1-5H3/b9-8+. The summed E-state index contributed by atoms with van der Waals surface area (Å²) < 4.78 is 11.8. The Morgan fingerprint density at radius 1 is 1.20 bits per heavy atom. The normalized spacial score (nSPS) is 20.8. The third kappa shape index (κ3) is 2.95. The summed E-state index contributed by atoms with van der Waals surface area (Å²) in [6.45, 7) is 10.5. The van der Waals surface area contributed by atoms with Crippen molar-refractivity contribution in [1.82, 2.24) is 4.98 Å². The smallest absolute Gasteiger partial charge is 0.400 e. The van der Waals surface area contributed by atoms with Crippen LogP contribution in [0, 0.1) is 6.92 Å². The molecule has 1 aromatic rings. The highest BCUT2D eigenvalue weighted by Gasteiger charge is 2.49. The summed E-state index contributed by atoms with van der Waals surface area (Å²) in [7, 11) is -0.341. The number of hydrogen-bond acceptors (Lipinski definition) is 4. The van der Waals surface area contributed by atoms with Crippen molar-refractivity contribution < 1.29 is 9.31 Å². The molecule has 0 saturated carbocycles. The lowest BCUT2D eigenvalue weighted by atomic mass is 9.89. The lowest BCUT2D eigenvalue weighted by Gasteiger charge is -2.32. The van der Waals surface area contributed by atoms with E-state index in [9.17, 15) is 0 Å². The molecule has 0 amide bonds. The number of hydrogen-bond donors (Lipinski definition) is 1. The second-order valence-corrected chi connectivity index (χ2v) is 6.18. The molecule has 0 spiro atoms. The highest BCUT2D eigenvalue weighted by atomic mass is 16.7. The zero-order valence-electron chi connectivity index (χ0n) is 12.9. The van der Waals surface area contributed by atoms with E-state index in [0.29, 0.717) is 6.54 Å². The number of aryl methyl sites for hydroxylation is 1. The summed E-state index contributed by atoms with van der Waals surface area (Å²) in [5.74, 6) is 1.92. The van der Waals surface area contributed by atoms with Gasteiger partial charge in [0.05, 0.1) is 16.9 Å². The second kappa shape index (κ2) is 5.32. The van der Waals surface area contributed by atoms with Crippen LogP contribution < -0.4 is 5.73 Å². The molecule has 4 nitrogen and oxygen atoms in total. The SMILES string of the molecule is Cc1ccc(/C=C/B2OC(C)(C)C(C)(C)O2)c(CN)n1. The first-order valence-electron chi connectivity index (χ1n) is 6.95. The molecule has 1 saturated heterocycles. The topological polar surface area (TPSA) is 57.4 Å². The zero-order valence-corrected chi connectivity index (χ0v) is 12.9. The summed E-state index contributed by atoms with van der Waals surface area (Å²) in [6.07, 6.45) is 1.97. The van der Waals surface area contributed by atoms with Crippen molar-refractivity contribution in [1.29, 1.82) is 0 Å². The van der Waals surface area contributed by atoms with Crippen molar-refractivity contribution in [2.75, 3.05) is 0 Å². The highest BCUT2D eigenvalue weighted by molar-refractivity contribution is 6.52. The van der Waals surface area contributed by atoms with Gasteiger partial charge in [-0.05, 0) is 46.2 Å². The van der Waals surface area contributed by atoms with Crippen LogP contribution in [-0.2, 0) is 15.9 Å². The van der Waals surface area contributed by atoms with Gasteiger partial charge in [-0.25, -0.2) is 0 Å². The van der Waals surface area contributed by atoms with E-state index in [0.717, 1.165) is 17.0 Å². The molecule has 1 aromatic heterocycles. The molecular weight excluding hydrogens is 251 g/mol. The molecule has 1 fully saturated rings. The molecule has 20 heavy (non-hydrogen) atoms. The maximum Gasteiger partial charge on any atom is 0.487 e. The van der Waals surface area contributed by atoms with Crippen LogP contribution in [0.3, 0.4) is 0 Å². The molecule has 1 aliphatic rings. The van der Waals surface area contributed by atoms with Crippen molar-refractivity contribution >= 4 is 13.2 Å². The maximum atomic E-state index is 5.92. The van der Waals surface area contributed by atoms with Crippen LogP contribution in [0.1, 0.15) is 44.6 Å². The van der Waals surface area contributed by atoms with Gasteiger partial charge in [-0.3, -0.25) is 4.98 Å². The Labute approximate surface area is 121 Å². The van der Waals surface area contributed by atoms with Crippen molar-refractivity contribution in [2.24, 2.45) is 5.73 Å². The van der Waals surface area contributed by atoms with Crippen LogP contribution in [-0.4, -0.2) is 23.3 Å². The Morgan fingerprint density at radius 2 is 1.80 bits per heavy atom. The molecule has 0 aromatic carbocycles. The minimum Gasteiger partial charge on any atom is -0.400 e. The third-order valence-corrected chi connectivity index (χ3v) is 4.05. The Balaban J connectivity index is 2.16. The number of rotatable bonds is 3. The monoisotopic (exact) mass is 274 g/mol. The van der Waals surface area contributed by atoms with Gasteiger partial charge in [-0.1, -0.05) is 18.1 Å². The molecule has 0 bridgehead atoms.